The number of carbonyl (C=O) groups is 4. The van der Waals surface area contributed by atoms with Gasteiger partial charge in [0.05, 0.1) is 10.7 Å². The predicted octanol–water partition coefficient (Wildman–Crippen LogP) is 0.621. The molecule has 0 radical (unpaired) electrons. The Labute approximate surface area is 210 Å². The van der Waals surface area contributed by atoms with Crippen molar-refractivity contribution < 1.29 is 32.7 Å². The highest BCUT2D eigenvalue weighted by atomic mass is 32.2. The summed E-state index contributed by atoms with van der Waals surface area (Å²) < 4.78 is 26.6. The molecule has 4 N–H and O–H groups in total. The molecular weight excluding hydrogens is 488 g/mol. The van der Waals surface area contributed by atoms with Gasteiger partial charge in [0.2, 0.25) is 21.8 Å². The molecule has 1 saturated carbocycles. The summed E-state index contributed by atoms with van der Waals surface area (Å²) in [6.45, 7) is 1.83. The molecule has 4 aliphatic rings. The Hall–Kier alpha value is -3.07. The van der Waals surface area contributed by atoms with Gasteiger partial charge in [0.25, 0.3) is 5.91 Å². The molecule has 4 atom stereocenters. The number of sulfonamides is 1. The van der Waals surface area contributed by atoms with Crippen molar-refractivity contribution >= 4 is 33.8 Å². The van der Waals surface area contributed by atoms with Crippen molar-refractivity contribution in [2.75, 3.05) is 6.54 Å². The molecule has 0 unspecified atom stereocenters. The zero-order valence-corrected chi connectivity index (χ0v) is 21.0. The fourth-order valence-corrected chi connectivity index (χ4v) is 6.12. The lowest BCUT2D eigenvalue weighted by Gasteiger charge is -2.38. The van der Waals surface area contributed by atoms with Crippen LogP contribution in [0.5, 0.6) is 0 Å². The number of hydrogen-bond donors (Lipinski definition) is 4. The fourth-order valence-electron chi connectivity index (χ4n) is 4.83. The van der Waals surface area contributed by atoms with E-state index in [-0.39, 0.29) is 6.54 Å². The Morgan fingerprint density at radius 3 is 2.56 bits per heavy atom. The van der Waals surface area contributed by atoms with Gasteiger partial charge in [0.1, 0.15) is 12.1 Å². The van der Waals surface area contributed by atoms with Crippen molar-refractivity contribution in [3.8, 4) is 11.8 Å². The summed E-state index contributed by atoms with van der Waals surface area (Å²) >= 11 is 0. The van der Waals surface area contributed by atoms with Crippen LogP contribution in [0.25, 0.3) is 0 Å². The van der Waals surface area contributed by atoms with Gasteiger partial charge in [-0.3, -0.25) is 14.4 Å². The minimum absolute atomic E-state index is 0.273. The Morgan fingerprint density at radius 1 is 1.17 bits per heavy atom. The Bertz CT molecular complexity index is 1150. The second-order valence-electron chi connectivity index (χ2n) is 10.2. The highest BCUT2D eigenvalue weighted by Gasteiger charge is 2.56. The van der Waals surface area contributed by atoms with Crippen molar-refractivity contribution in [1.82, 2.24) is 20.3 Å². The summed E-state index contributed by atoms with van der Waals surface area (Å²) in [5.41, 5.74) is -1.78. The fraction of sp³-hybridized carbons (Fsp3) is 0.667. The Kier molecular flexibility index (Phi) is 7.05. The normalized spacial score (nSPS) is 32.6. The average Bonchev–Trinajstić information content (AvgIpc) is 3.37. The van der Waals surface area contributed by atoms with Crippen LogP contribution in [-0.2, 0) is 24.4 Å². The van der Waals surface area contributed by atoms with Gasteiger partial charge in [-0.1, -0.05) is 36.8 Å². The van der Waals surface area contributed by atoms with Crippen molar-refractivity contribution in [2.45, 2.75) is 87.1 Å². The molecule has 4 rings (SSSR count). The third kappa shape index (κ3) is 4.93. The second kappa shape index (κ2) is 9.76. The molecule has 1 saturated heterocycles. The topological polar surface area (TPSA) is 162 Å². The number of fused-ring (bicyclic) bond motifs is 2. The van der Waals surface area contributed by atoms with E-state index < -0.39 is 62.1 Å². The zero-order valence-electron chi connectivity index (χ0n) is 20.2. The molecule has 196 valence electrons. The number of rotatable bonds is 4. The van der Waals surface area contributed by atoms with Crippen molar-refractivity contribution in [2.24, 2.45) is 5.92 Å². The molecule has 11 nitrogen and oxygen atoms in total. The smallest absolute Gasteiger partial charge is 0.405 e. The maximum atomic E-state index is 13.4. The molecular formula is C24H32N4O7S. The number of amides is 4. The van der Waals surface area contributed by atoms with Crippen LogP contribution >= 0.6 is 0 Å². The summed E-state index contributed by atoms with van der Waals surface area (Å²) in [5, 5.41) is 14.2. The summed E-state index contributed by atoms with van der Waals surface area (Å²) in [6, 6.07) is -1.90. The van der Waals surface area contributed by atoms with Gasteiger partial charge in [-0.05, 0) is 51.9 Å². The van der Waals surface area contributed by atoms with Crippen LogP contribution in [0.1, 0.15) is 64.7 Å². The summed E-state index contributed by atoms with van der Waals surface area (Å²) in [6.07, 6.45) is 7.12. The van der Waals surface area contributed by atoms with E-state index in [0.29, 0.717) is 44.9 Å². The van der Waals surface area contributed by atoms with Crippen LogP contribution < -0.4 is 15.4 Å². The van der Waals surface area contributed by atoms with Crippen LogP contribution in [-0.4, -0.2) is 71.2 Å². The minimum atomic E-state index is -3.96. The van der Waals surface area contributed by atoms with Crippen LogP contribution in [0.3, 0.4) is 0 Å². The molecule has 0 bridgehead atoms. The van der Waals surface area contributed by atoms with E-state index in [9.17, 15) is 32.7 Å². The number of allylic oxidation sites excluding steroid dienone is 1. The molecule has 0 spiro atoms. The molecule has 0 aromatic carbocycles. The van der Waals surface area contributed by atoms with Crippen LogP contribution in [0, 0.1) is 17.8 Å². The van der Waals surface area contributed by atoms with Gasteiger partial charge in [0, 0.05) is 6.54 Å². The quantitative estimate of drug-likeness (QED) is 0.312. The minimum Gasteiger partial charge on any atom is -0.465 e. The molecule has 36 heavy (non-hydrogen) atoms. The van der Waals surface area contributed by atoms with Gasteiger partial charge >= 0.3 is 6.09 Å². The van der Waals surface area contributed by atoms with Crippen molar-refractivity contribution in [3.63, 3.8) is 0 Å². The van der Waals surface area contributed by atoms with Gasteiger partial charge in [0.15, 0.2) is 5.54 Å². The summed E-state index contributed by atoms with van der Waals surface area (Å²) in [5.74, 6) is 2.81. The first kappa shape index (κ1) is 26.0. The second-order valence-corrected chi connectivity index (χ2v) is 12.4. The van der Waals surface area contributed by atoms with E-state index in [0.717, 1.165) is 12.8 Å². The molecule has 4 amide bonds. The van der Waals surface area contributed by atoms with Crippen LogP contribution in [0.4, 0.5) is 4.79 Å². The number of carboxylic acid groups (broad SMARTS) is 1. The first-order chi connectivity index (χ1) is 17.0. The summed E-state index contributed by atoms with van der Waals surface area (Å²) in [7, 11) is -3.96. The first-order valence-electron chi connectivity index (χ1n) is 12.4. The highest BCUT2D eigenvalue weighted by Crippen LogP contribution is 2.42. The first-order valence-corrected chi connectivity index (χ1v) is 13.9. The maximum Gasteiger partial charge on any atom is 0.405 e. The van der Waals surface area contributed by atoms with Crippen molar-refractivity contribution in [3.05, 3.63) is 12.2 Å². The number of nitrogens with one attached hydrogen (secondary N) is 3. The van der Waals surface area contributed by atoms with Gasteiger partial charge in [-0.15, -0.1) is 0 Å². The summed E-state index contributed by atoms with van der Waals surface area (Å²) in [4.78, 5) is 52.7. The Balaban J connectivity index is 1.62. The molecule has 2 fully saturated rings. The van der Waals surface area contributed by atoms with Crippen LogP contribution in [0.2, 0.25) is 0 Å². The van der Waals surface area contributed by atoms with E-state index in [1.165, 1.54) is 4.90 Å². The van der Waals surface area contributed by atoms with E-state index in [1.807, 2.05) is 6.08 Å². The third-order valence-corrected chi connectivity index (χ3v) is 9.69. The Morgan fingerprint density at radius 2 is 1.92 bits per heavy atom. The van der Waals surface area contributed by atoms with Crippen molar-refractivity contribution in [1.29, 1.82) is 0 Å². The lowest BCUT2D eigenvalue weighted by Crippen LogP contribution is -2.68. The molecule has 2 aliphatic carbocycles. The largest absolute Gasteiger partial charge is 0.465 e. The van der Waals surface area contributed by atoms with E-state index in [2.05, 4.69) is 27.2 Å². The predicted molar refractivity (Wildman–Crippen MR) is 129 cm³/mol. The zero-order chi connectivity index (χ0) is 26.1. The number of hydrogen-bond acceptors (Lipinski definition) is 6. The molecule has 0 aromatic heterocycles. The number of nitrogens with zero attached hydrogens (tertiary/aromatic N) is 1. The monoisotopic (exact) mass is 520 g/mol. The highest BCUT2D eigenvalue weighted by molar-refractivity contribution is 7.91. The average molecular weight is 521 g/mol. The van der Waals surface area contributed by atoms with Crippen LogP contribution in [0.15, 0.2) is 12.2 Å². The molecule has 2 aliphatic heterocycles. The van der Waals surface area contributed by atoms with E-state index >= 15 is 0 Å². The third-order valence-electron chi connectivity index (χ3n) is 7.53. The number of carbonyl (C=O) groups excluding carboxylic acids is 3. The maximum absolute atomic E-state index is 13.4. The molecule has 2 heterocycles. The lowest BCUT2D eigenvalue weighted by atomic mass is 9.76. The standard InChI is InChI=1S/C24H32N4O7S/c1-23(13-14-23)36(34,35)27-21(31)24-12-11-16(24)8-5-3-2-4-6-9-17(25-22(32)33)20(30)28-15-7-10-18(28)19(29)26-24/h5,8,16-18,25H,2-4,6-7,9-10,13-15H2,1H3,(H,26,29)(H,27,31)(H,32,33)/b8-5-/t16-,17+,18+,24-/m1/s1. The lowest BCUT2D eigenvalue weighted by molar-refractivity contribution is -0.141. The SMILES string of the molecule is CC1(S(=O)(=O)NC(=O)[C@@]23C#C[C@H]2/C=C\CCCCC[C@H](NC(=O)O)C(=O)N2CCC[C@H]2C(=O)N3)CC1. The van der Waals surface area contributed by atoms with Gasteiger partial charge < -0.3 is 20.6 Å². The van der Waals surface area contributed by atoms with Gasteiger partial charge in [-0.25, -0.2) is 17.9 Å². The molecule has 0 aromatic rings. The molecule has 12 heteroatoms. The van der Waals surface area contributed by atoms with Gasteiger partial charge in [-0.2, -0.15) is 0 Å². The van der Waals surface area contributed by atoms with E-state index in [1.54, 1.807) is 13.0 Å². The van der Waals surface area contributed by atoms with E-state index in [4.69, 9.17) is 0 Å².